The highest BCUT2D eigenvalue weighted by Gasteiger charge is 2.46. The minimum Gasteiger partial charge on any atom is -0.380 e. The fourth-order valence-corrected chi connectivity index (χ4v) is 2.35. The van der Waals surface area contributed by atoms with E-state index >= 15 is 0 Å². The first kappa shape index (κ1) is 18.3. The molecule has 0 spiro atoms. The molecule has 150 valence electrons. The average molecular weight is 398 g/mol. The van der Waals surface area contributed by atoms with Crippen molar-refractivity contribution in [1.82, 2.24) is 15.0 Å². The maximum absolute atomic E-state index is 14.4. The second-order valence-corrected chi connectivity index (χ2v) is 6.48. The first-order chi connectivity index (χ1) is 12.8. The Morgan fingerprint density at radius 2 is 1.85 bits per heavy atom. The smallest absolute Gasteiger partial charge is 0.380 e. The number of aliphatic hydroxyl groups is 1. The summed E-state index contributed by atoms with van der Waals surface area (Å²) in [6.45, 7) is 0.820. The highest BCUT2D eigenvalue weighted by Crippen LogP contribution is 2.41. The Hall–Kier alpha value is -2.11. The zero-order valence-corrected chi connectivity index (χ0v) is 14.0. The predicted molar refractivity (Wildman–Crippen MR) is 83.8 cm³/mol. The maximum Gasteiger partial charge on any atom is 0.408 e. The number of nitrogens with one attached hydrogen (secondary N) is 2. The van der Waals surface area contributed by atoms with Gasteiger partial charge in [0.15, 0.2) is 11.9 Å². The third-order valence-electron chi connectivity index (χ3n) is 4.16. The van der Waals surface area contributed by atoms with Crippen LogP contribution in [-0.4, -0.2) is 50.3 Å². The van der Waals surface area contributed by atoms with Gasteiger partial charge < -0.3 is 15.7 Å². The van der Waals surface area contributed by atoms with Crippen LogP contribution in [0.5, 0.6) is 0 Å². The van der Waals surface area contributed by atoms with Crippen molar-refractivity contribution in [3.8, 4) is 0 Å². The summed E-state index contributed by atoms with van der Waals surface area (Å²) < 4.78 is 87.4. The first-order valence-corrected chi connectivity index (χ1v) is 8.17. The molecule has 0 bridgehead atoms. The van der Waals surface area contributed by atoms with Crippen LogP contribution in [0.15, 0.2) is 5.83 Å². The molecule has 0 radical (unpaired) electrons. The zero-order chi connectivity index (χ0) is 20.9. The molecule has 1 aromatic heterocycles. The quantitative estimate of drug-likeness (QED) is 0.661. The molecule has 12 heteroatoms. The molecule has 2 aliphatic rings. The summed E-state index contributed by atoms with van der Waals surface area (Å²) in [4.78, 5) is 11.4. The van der Waals surface area contributed by atoms with E-state index in [-0.39, 0.29) is 12.0 Å². The summed E-state index contributed by atoms with van der Waals surface area (Å²) in [6, 6.07) is -2.05. The molecule has 27 heavy (non-hydrogen) atoms. The van der Waals surface area contributed by atoms with E-state index in [1.54, 1.807) is 0 Å². The SMILES string of the molecule is [2H]C1(O)C(F)=C(c2nc(NC3CC3)nc(N[C@@H](C)C(F)(F)F)n2)CCC1(F)F. The van der Waals surface area contributed by atoms with Gasteiger partial charge in [-0.15, -0.1) is 0 Å². The summed E-state index contributed by atoms with van der Waals surface area (Å²) in [6.07, 6.45) is -8.54. The minimum atomic E-state index is -4.62. The third-order valence-corrected chi connectivity index (χ3v) is 4.16. The molecule has 1 aromatic rings. The molecule has 0 aromatic carbocycles. The maximum atomic E-state index is 14.4. The van der Waals surface area contributed by atoms with Crippen molar-refractivity contribution in [2.45, 2.75) is 62.9 Å². The molecule has 1 saturated carbocycles. The lowest BCUT2D eigenvalue weighted by molar-refractivity contribution is -0.138. The predicted octanol–water partition coefficient (Wildman–Crippen LogP) is 3.28. The van der Waals surface area contributed by atoms with Crippen molar-refractivity contribution < 1.29 is 32.8 Å². The van der Waals surface area contributed by atoms with E-state index in [1.165, 1.54) is 0 Å². The number of anilines is 2. The Morgan fingerprint density at radius 3 is 2.44 bits per heavy atom. The topological polar surface area (TPSA) is 83.0 Å². The van der Waals surface area contributed by atoms with Crippen LogP contribution >= 0.6 is 0 Å². The van der Waals surface area contributed by atoms with Gasteiger partial charge in [0.1, 0.15) is 11.9 Å². The summed E-state index contributed by atoms with van der Waals surface area (Å²) in [7, 11) is 0. The Kier molecular flexibility index (Phi) is 4.60. The van der Waals surface area contributed by atoms with Crippen LogP contribution in [0.4, 0.5) is 38.2 Å². The van der Waals surface area contributed by atoms with Crippen LogP contribution in [0.2, 0.25) is 0 Å². The van der Waals surface area contributed by atoms with Gasteiger partial charge in [0.2, 0.25) is 11.9 Å². The van der Waals surface area contributed by atoms with E-state index < -0.39 is 60.2 Å². The lowest BCUT2D eigenvalue weighted by Crippen LogP contribution is -2.37. The second kappa shape index (κ2) is 6.80. The summed E-state index contributed by atoms with van der Waals surface area (Å²) in [5, 5.41) is 14.4. The summed E-state index contributed by atoms with van der Waals surface area (Å²) >= 11 is 0. The van der Waals surface area contributed by atoms with Crippen LogP contribution in [0.3, 0.4) is 0 Å². The fourth-order valence-electron chi connectivity index (χ4n) is 2.35. The molecule has 2 atom stereocenters. The molecular formula is C15H17F6N5O. The van der Waals surface area contributed by atoms with E-state index in [2.05, 4.69) is 20.3 Å². The first-order valence-electron chi connectivity index (χ1n) is 8.67. The van der Waals surface area contributed by atoms with Crippen molar-refractivity contribution in [2.75, 3.05) is 10.6 Å². The highest BCUT2D eigenvalue weighted by molar-refractivity contribution is 5.66. The summed E-state index contributed by atoms with van der Waals surface area (Å²) in [5.74, 6) is -7.09. The lowest BCUT2D eigenvalue weighted by atomic mass is 9.92. The highest BCUT2D eigenvalue weighted by atomic mass is 19.4. The Bertz CT molecular complexity index is 796. The molecule has 0 saturated heterocycles. The molecule has 1 fully saturated rings. The molecule has 6 nitrogen and oxygen atoms in total. The van der Waals surface area contributed by atoms with E-state index in [9.17, 15) is 31.4 Å². The van der Waals surface area contributed by atoms with Crippen molar-refractivity contribution in [1.29, 1.82) is 0 Å². The van der Waals surface area contributed by atoms with Gasteiger partial charge in [-0.3, -0.25) is 0 Å². The van der Waals surface area contributed by atoms with Gasteiger partial charge in [-0.2, -0.15) is 28.1 Å². The van der Waals surface area contributed by atoms with Gasteiger partial charge in [0, 0.05) is 18.0 Å². The summed E-state index contributed by atoms with van der Waals surface area (Å²) in [5.41, 5.74) is -0.576. The average Bonchev–Trinajstić information content (AvgIpc) is 3.36. The van der Waals surface area contributed by atoms with Crippen molar-refractivity contribution in [2.24, 2.45) is 0 Å². The van der Waals surface area contributed by atoms with Gasteiger partial charge in [-0.05, 0) is 26.2 Å². The fraction of sp³-hybridized carbons (Fsp3) is 0.667. The van der Waals surface area contributed by atoms with Crippen LogP contribution in [0.1, 0.15) is 39.8 Å². The number of allylic oxidation sites excluding steroid dienone is 1. The Morgan fingerprint density at radius 1 is 1.22 bits per heavy atom. The molecule has 2 aliphatic carbocycles. The second-order valence-electron chi connectivity index (χ2n) is 6.48. The van der Waals surface area contributed by atoms with Crippen LogP contribution in [0.25, 0.3) is 5.57 Å². The number of halogens is 6. The Balaban J connectivity index is 2.01. The molecule has 3 N–H and O–H groups in total. The van der Waals surface area contributed by atoms with Crippen molar-refractivity contribution in [3.05, 3.63) is 11.7 Å². The molecule has 0 aliphatic heterocycles. The molecular weight excluding hydrogens is 380 g/mol. The van der Waals surface area contributed by atoms with E-state index in [0.29, 0.717) is 0 Å². The van der Waals surface area contributed by atoms with E-state index in [0.717, 1.165) is 19.8 Å². The third kappa shape index (κ3) is 4.42. The van der Waals surface area contributed by atoms with Crippen LogP contribution in [0, 0.1) is 0 Å². The number of hydrogen-bond acceptors (Lipinski definition) is 6. The van der Waals surface area contributed by atoms with E-state index in [1.807, 2.05) is 5.32 Å². The zero-order valence-electron chi connectivity index (χ0n) is 15.0. The van der Waals surface area contributed by atoms with E-state index in [4.69, 9.17) is 1.37 Å². The lowest BCUT2D eigenvalue weighted by Gasteiger charge is -2.27. The van der Waals surface area contributed by atoms with Gasteiger partial charge in [0.05, 0.1) is 1.37 Å². The largest absolute Gasteiger partial charge is 0.408 e. The number of nitrogens with zero attached hydrogens (tertiary/aromatic N) is 3. The van der Waals surface area contributed by atoms with Gasteiger partial charge >= 0.3 is 6.18 Å². The number of rotatable bonds is 5. The van der Waals surface area contributed by atoms with Crippen LogP contribution in [-0.2, 0) is 0 Å². The van der Waals surface area contributed by atoms with Gasteiger partial charge in [-0.1, -0.05) is 0 Å². The van der Waals surface area contributed by atoms with Crippen molar-refractivity contribution >= 4 is 17.5 Å². The number of hydrogen-bond donors (Lipinski definition) is 3. The molecule has 0 amide bonds. The monoisotopic (exact) mass is 398 g/mol. The standard InChI is InChI=1S/C15H17F6N5O/c1-6(15(19,20)21)22-12-24-11(25-13(26-12)23-7-2-3-7)8-4-5-14(17,18)10(27)9(8)16/h6-7,10,27H,2-5H2,1H3,(H2,22,23,24,25,26)/t6-,10?/m0/s1/i10D. The van der Waals surface area contributed by atoms with Crippen LogP contribution < -0.4 is 10.6 Å². The minimum absolute atomic E-state index is 0.00855. The molecule has 1 heterocycles. The number of aromatic nitrogens is 3. The number of alkyl halides is 5. The van der Waals surface area contributed by atoms with Gasteiger partial charge in [-0.25, -0.2) is 13.2 Å². The van der Waals surface area contributed by atoms with Crippen molar-refractivity contribution in [3.63, 3.8) is 0 Å². The van der Waals surface area contributed by atoms with Gasteiger partial charge in [0.25, 0.3) is 5.92 Å². The molecule has 1 unspecified atom stereocenters. The Labute approximate surface area is 151 Å². The molecule has 3 rings (SSSR count). The normalized spacial score (nSPS) is 27.2.